The van der Waals surface area contributed by atoms with Crippen molar-refractivity contribution in [3.8, 4) is 11.3 Å². The molecule has 28 heavy (non-hydrogen) atoms. The average Bonchev–Trinajstić information content (AvgIpc) is 2.68. The lowest BCUT2D eigenvalue weighted by atomic mass is 10.1. The first-order valence-electron chi connectivity index (χ1n) is 8.81. The van der Waals surface area contributed by atoms with Crippen molar-refractivity contribution in [1.82, 2.24) is 15.1 Å². The van der Waals surface area contributed by atoms with Crippen molar-refractivity contribution >= 4 is 21.8 Å². The quantitative estimate of drug-likeness (QED) is 0.624. The zero-order chi connectivity index (χ0) is 20.1. The van der Waals surface area contributed by atoms with E-state index in [2.05, 4.69) is 26.3 Å². The topological polar surface area (TPSA) is 64.0 Å². The molecule has 144 valence electrons. The molecule has 7 heteroatoms. The molecular formula is C21H19BrFN3O2. The fraction of sp³-hybridized carbons (Fsp3) is 0.190. The lowest BCUT2D eigenvalue weighted by Gasteiger charge is -2.14. The Hall–Kier alpha value is -2.80. The van der Waals surface area contributed by atoms with E-state index in [1.54, 1.807) is 18.2 Å². The molecule has 0 saturated heterocycles. The van der Waals surface area contributed by atoms with Crippen LogP contribution in [0.15, 0.2) is 69.9 Å². The molecule has 5 nitrogen and oxygen atoms in total. The second-order valence-corrected chi connectivity index (χ2v) is 7.29. The van der Waals surface area contributed by atoms with Crippen LogP contribution in [0.2, 0.25) is 0 Å². The van der Waals surface area contributed by atoms with Crippen LogP contribution >= 0.6 is 15.9 Å². The maximum absolute atomic E-state index is 13.0. The monoisotopic (exact) mass is 443 g/mol. The first-order valence-corrected chi connectivity index (χ1v) is 9.60. The second kappa shape index (κ2) is 8.93. The maximum atomic E-state index is 13.0. The lowest BCUT2D eigenvalue weighted by molar-refractivity contribution is -0.122. The van der Waals surface area contributed by atoms with Gasteiger partial charge in [0.1, 0.15) is 5.82 Å². The number of hydrogen-bond acceptors (Lipinski definition) is 3. The minimum absolute atomic E-state index is 0.113. The SMILES string of the molecule is C[C@H](NC(=O)CCn1nc(-c2ccc(Br)cc2)ccc1=O)c1ccc(F)cc1. The van der Waals surface area contributed by atoms with Crippen molar-refractivity contribution < 1.29 is 9.18 Å². The van der Waals surface area contributed by atoms with Gasteiger partial charge in [-0.2, -0.15) is 5.10 Å². The van der Waals surface area contributed by atoms with Crippen LogP contribution in [0.3, 0.4) is 0 Å². The molecule has 1 atom stereocenters. The fourth-order valence-electron chi connectivity index (χ4n) is 2.74. The van der Waals surface area contributed by atoms with Crippen LogP contribution < -0.4 is 10.9 Å². The molecular weight excluding hydrogens is 425 g/mol. The van der Waals surface area contributed by atoms with Gasteiger partial charge < -0.3 is 5.32 Å². The van der Waals surface area contributed by atoms with Gasteiger partial charge in [0.15, 0.2) is 0 Å². The van der Waals surface area contributed by atoms with E-state index in [1.807, 2.05) is 31.2 Å². The molecule has 1 heterocycles. The molecule has 1 amide bonds. The van der Waals surface area contributed by atoms with E-state index in [9.17, 15) is 14.0 Å². The molecule has 0 radical (unpaired) electrons. The predicted octanol–water partition coefficient (Wildman–Crippen LogP) is 4.08. The highest BCUT2D eigenvalue weighted by Crippen LogP contribution is 2.19. The van der Waals surface area contributed by atoms with Gasteiger partial charge in [0.05, 0.1) is 18.3 Å². The molecule has 3 rings (SSSR count). The summed E-state index contributed by atoms with van der Waals surface area (Å²) >= 11 is 3.39. The van der Waals surface area contributed by atoms with E-state index in [0.717, 1.165) is 15.6 Å². The van der Waals surface area contributed by atoms with E-state index in [4.69, 9.17) is 0 Å². The first kappa shape index (κ1) is 19.9. The van der Waals surface area contributed by atoms with Crippen molar-refractivity contribution in [1.29, 1.82) is 0 Å². The smallest absolute Gasteiger partial charge is 0.266 e. The molecule has 0 bridgehead atoms. The molecule has 1 N–H and O–H groups in total. The van der Waals surface area contributed by atoms with E-state index >= 15 is 0 Å². The number of halogens is 2. The number of rotatable bonds is 6. The predicted molar refractivity (Wildman–Crippen MR) is 109 cm³/mol. The summed E-state index contributed by atoms with van der Waals surface area (Å²) in [6.45, 7) is 1.99. The second-order valence-electron chi connectivity index (χ2n) is 6.38. The molecule has 0 aliphatic heterocycles. The molecule has 0 aliphatic rings. The van der Waals surface area contributed by atoms with Crippen molar-refractivity contribution in [2.45, 2.75) is 25.9 Å². The van der Waals surface area contributed by atoms with Gasteiger partial charge in [-0.25, -0.2) is 9.07 Å². The summed E-state index contributed by atoms with van der Waals surface area (Å²) in [4.78, 5) is 24.3. The average molecular weight is 444 g/mol. The van der Waals surface area contributed by atoms with Gasteiger partial charge in [-0.3, -0.25) is 9.59 Å². The van der Waals surface area contributed by atoms with Crippen molar-refractivity contribution in [2.24, 2.45) is 0 Å². The standard InChI is InChI=1S/C21H19BrFN3O2/c1-14(15-4-8-18(23)9-5-15)24-20(27)12-13-26-21(28)11-10-19(25-26)16-2-6-17(22)7-3-16/h2-11,14H,12-13H2,1H3,(H,24,27)/t14-/m0/s1. The zero-order valence-corrected chi connectivity index (χ0v) is 16.8. The third-order valence-electron chi connectivity index (χ3n) is 4.30. The highest BCUT2D eigenvalue weighted by molar-refractivity contribution is 9.10. The first-order chi connectivity index (χ1) is 13.4. The Morgan fingerprint density at radius 1 is 1.11 bits per heavy atom. The minimum Gasteiger partial charge on any atom is -0.350 e. The fourth-order valence-corrected chi connectivity index (χ4v) is 3.00. The summed E-state index contributed by atoms with van der Waals surface area (Å²) in [5, 5.41) is 7.21. The molecule has 0 fully saturated rings. The van der Waals surface area contributed by atoms with Crippen molar-refractivity contribution in [2.75, 3.05) is 0 Å². The van der Waals surface area contributed by atoms with Gasteiger partial charge in [0.25, 0.3) is 5.56 Å². The lowest BCUT2D eigenvalue weighted by Crippen LogP contribution is -2.30. The van der Waals surface area contributed by atoms with Gasteiger partial charge in [-0.15, -0.1) is 0 Å². The van der Waals surface area contributed by atoms with Gasteiger partial charge >= 0.3 is 0 Å². The molecule has 2 aromatic carbocycles. The van der Waals surface area contributed by atoms with Gasteiger partial charge in [0.2, 0.25) is 5.91 Å². The number of aryl methyl sites for hydroxylation is 1. The number of aromatic nitrogens is 2. The summed E-state index contributed by atoms with van der Waals surface area (Å²) in [5.41, 5.74) is 2.08. The van der Waals surface area contributed by atoms with Crippen LogP contribution in [0.25, 0.3) is 11.3 Å². The van der Waals surface area contributed by atoms with Crippen LogP contribution in [0, 0.1) is 5.82 Å². The maximum Gasteiger partial charge on any atom is 0.266 e. The van der Waals surface area contributed by atoms with E-state index in [1.165, 1.54) is 22.9 Å². The van der Waals surface area contributed by atoms with Gasteiger partial charge in [-0.1, -0.05) is 40.2 Å². The van der Waals surface area contributed by atoms with E-state index < -0.39 is 0 Å². The van der Waals surface area contributed by atoms with Crippen LogP contribution in [0.1, 0.15) is 24.9 Å². The Balaban J connectivity index is 1.64. The van der Waals surface area contributed by atoms with Crippen LogP contribution in [0.5, 0.6) is 0 Å². The van der Waals surface area contributed by atoms with E-state index in [-0.39, 0.29) is 36.3 Å². The molecule has 1 aromatic heterocycles. The Labute approximate surface area is 170 Å². The van der Waals surface area contributed by atoms with Gasteiger partial charge in [-0.05, 0) is 42.8 Å². The van der Waals surface area contributed by atoms with Crippen LogP contribution in [-0.4, -0.2) is 15.7 Å². The molecule has 0 saturated carbocycles. The summed E-state index contributed by atoms with van der Waals surface area (Å²) in [6, 6.07) is 16.4. The molecule has 3 aromatic rings. The van der Waals surface area contributed by atoms with Gasteiger partial charge in [0, 0.05) is 22.5 Å². The Kier molecular flexibility index (Phi) is 6.36. The Morgan fingerprint density at radius 2 is 1.79 bits per heavy atom. The number of nitrogens with one attached hydrogen (secondary N) is 1. The number of hydrogen-bond donors (Lipinski definition) is 1. The third-order valence-corrected chi connectivity index (χ3v) is 4.83. The summed E-state index contributed by atoms with van der Waals surface area (Å²) in [6.07, 6.45) is 0.113. The van der Waals surface area contributed by atoms with E-state index in [0.29, 0.717) is 5.69 Å². The minimum atomic E-state index is -0.321. The number of nitrogens with zero attached hydrogens (tertiary/aromatic N) is 2. The number of amides is 1. The van der Waals surface area contributed by atoms with Crippen LogP contribution in [0.4, 0.5) is 4.39 Å². The van der Waals surface area contributed by atoms with Crippen LogP contribution in [-0.2, 0) is 11.3 Å². The normalized spacial score (nSPS) is 11.8. The number of carbonyl (C=O) groups is 1. The molecule has 0 unspecified atom stereocenters. The summed E-state index contributed by atoms with van der Waals surface area (Å²) < 4.78 is 15.3. The van der Waals surface area contributed by atoms with Crippen molar-refractivity contribution in [3.05, 3.63) is 86.9 Å². The van der Waals surface area contributed by atoms with Crippen molar-refractivity contribution in [3.63, 3.8) is 0 Å². The summed E-state index contributed by atoms with van der Waals surface area (Å²) in [7, 11) is 0. The number of benzene rings is 2. The Bertz CT molecular complexity index is 1020. The molecule has 0 aliphatic carbocycles. The highest BCUT2D eigenvalue weighted by atomic mass is 79.9. The largest absolute Gasteiger partial charge is 0.350 e. The summed E-state index contributed by atoms with van der Waals surface area (Å²) in [5.74, 6) is -0.530. The molecule has 0 spiro atoms. The Morgan fingerprint density at radius 3 is 2.46 bits per heavy atom. The number of carbonyl (C=O) groups excluding carboxylic acids is 1. The zero-order valence-electron chi connectivity index (χ0n) is 15.2. The highest BCUT2D eigenvalue weighted by Gasteiger charge is 2.11. The third kappa shape index (κ3) is 5.13.